The van der Waals surface area contributed by atoms with Crippen molar-refractivity contribution in [2.45, 2.75) is 43.3 Å². The third-order valence-electron chi connectivity index (χ3n) is 4.43. The molecular weight excluding hydrogens is 272 g/mol. The highest BCUT2D eigenvalue weighted by atomic mass is 16.3. The normalized spacial score (nSPS) is 19.7. The predicted molar refractivity (Wildman–Crippen MR) is 87.3 cm³/mol. The van der Waals surface area contributed by atoms with Gasteiger partial charge in [-0.15, -0.1) is 0 Å². The second-order valence-corrected chi connectivity index (χ2v) is 6.09. The topological polar surface area (TPSA) is 40.5 Å². The standard InChI is InChI=1S/C20H21O2/c21-19(13-7-2-8-14-19)15-16-20(22,18-11-5-6-12-18)17-9-3-1-4-10-17/h1,3-6,9-12,21-22H,2,7-8,13-14H2/q-1. The molecule has 0 radical (unpaired) electrons. The molecule has 2 nitrogen and oxygen atoms in total. The van der Waals surface area contributed by atoms with Crippen LogP contribution in [0.1, 0.15) is 43.2 Å². The smallest absolute Gasteiger partial charge is 0.125 e. The van der Waals surface area contributed by atoms with E-state index >= 15 is 0 Å². The van der Waals surface area contributed by atoms with Crippen LogP contribution in [0.2, 0.25) is 0 Å². The Balaban J connectivity index is 2.01. The summed E-state index contributed by atoms with van der Waals surface area (Å²) in [6, 6.07) is 16.9. The molecule has 0 heterocycles. The maximum Gasteiger partial charge on any atom is 0.125 e. The van der Waals surface area contributed by atoms with Crippen molar-refractivity contribution in [3.8, 4) is 11.8 Å². The summed E-state index contributed by atoms with van der Waals surface area (Å²) in [6.07, 6.45) is 4.50. The first-order valence-corrected chi connectivity index (χ1v) is 7.89. The third-order valence-corrected chi connectivity index (χ3v) is 4.43. The molecule has 1 saturated carbocycles. The van der Waals surface area contributed by atoms with Crippen LogP contribution in [0.3, 0.4) is 0 Å². The van der Waals surface area contributed by atoms with Crippen molar-refractivity contribution in [2.75, 3.05) is 0 Å². The molecule has 0 aliphatic heterocycles. The van der Waals surface area contributed by atoms with Gasteiger partial charge in [0.25, 0.3) is 0 Å². The summed E-state index contributed by atoms with van der Waals surface area (Å²) in [4.78, 5) is 0. The van der Waals surface area contributed by atoms with E-state index in [1.807, 2.05) is 54.6 Å². The average Bonchev–Trinajstić information content (AvgIpc) is 3.09. The Labute approximate surface area is 131 Å². The molecule has 2 N–H and O–H groups in total. The number of hydrogen-bond donors (Lipinski definition) is 2. The molecule has 1 fully saturated rings. The Bertz CT molecular complexity index is 655. The number of rotatable bonds is 2. The number of hydrogen-bond acceptors (Lipinski definition) is 2. The molecule has 3 rings (SSSR count). The minimum Gasteiger partial charge on any atom is -0.381 e. The lowest BCUT2D eigenvalue weighted by molar-refractivity contribution is 0.0595. The summed E-state index contributed by atoms with van der Waals surface area (Å²) >= 11 is 0. The van der Waals surface area contributed by atoms with Gasteiger partial charge in [-0.2, -0.15) is 23.8 Å². The molecule has 2 aromatic rings. The Morgan fingerprint density at radius 2 is 1.73 bits per heavy atom. The zero-order valence-electron chi connectivity index (χ0n) is 12.6. The fourth-order valence-electron chi connectivity index (χ4n) is 3.07. The summed E-state index contributed by atoms with van der Waals surface area (Å²) < 4.78 is 0. The summed E-state index contributed by atoms with van der Waals surface area (Å²) in [6.45, 7) is 0. The molecule has 0 aromatic heterocycles. The lowest BCUT2D eigenvalue weighted by Gasteiger charge is -2.30. The van der Waals surface area contributed by atoms with Gasteiger partial charge in [0.15, 0.2) is 0 Å². The van der Waals surface area contributed by atoms with Crippen molar-refractivity contribution in [2.24, 2.45) is 0 Å². The van der Waals surface area contributed by atoms with E-state index in [1.54, 1.807) is 0 Å². The highest BCUT2D eigenvalue weighted by Crippen LogP contribution is 2.31. The molecule has 1 aliphatic rings. The molecule has 22 heavy (non-hydrogen) atoms. The lowest BCUT2D eigenvalue weighted by Crippen LogP contribution is -2.31. The summed E-state index contributed by atoms with van der Waals surface area (Å²) in [5.74, 6) is 5.96. The molecule has 2 heteroatoms. The Kier molecular flexibility index (Phi) is 4.11. The minimum atomic E-state index is -1.38. The largest absolute Gasteiger partial charge is 0.381 e. The van der Waals surface area contributed by atoms with Crippen LogP contribution in [0.15, 0.2) is 54.6 Å². The number of benzene rings is 1. The quantitative estimate of drug-likeness (QED) is 0.658. The van der Waals surface area contributed by atoms with E-state index in [0.29, 0.717) is 12.8 Å². The Morgan fingerprint density at radius 3 is 2.36 bits per heavy atom. The summed E-state index contributed by atoms with van der Waals surface area (Å²) in [7, 11) is 0. The molecule has 0 amide bonds. The molecule has 0 bridgehead atoms. The average molecular weight is 293 g/mol. The summed E-state index contributed by atoms with van der Waals surface area (Å²) in [5, 5.41) is 21.8. The number of aliphatic hydroxyl groups is 2. The van der Waals surface area contributed by atoms with Crippen molar-refractivity contribution in [3.05, 3.63) is 65.7 Å². The first kappa shape index (κ1) is 15.0. The lowest BCUT2D eigenvalue weighted by atomic mass is 9.83. The predicted octanol–water partition coefficient (Wildman–Crippen LogP) is 3.34. The van der Waals surface area contributed by atoms with Gasteiger partial charge in [-0.25, -0.2) is 6.07 Å². The van der Waals surface area contributed by atoms with Crippen molar-refractivity contribution >= 4 is 0 Å². The van der Waals surface area contributed by atoms with Crippen LogP contribution in [-0.2, 0) is 5.60 Å². The zero-order valence-corrected chi connectivity index (χ0v) is 12.6. The van der Waals surface area contributed by atoms with Gasteiger partial charge >= 0.3 is 0 Å². The van der Waals surface area contributed by atoms with E-state index in [-0.39, 0.29) is 0 Å². The molecular formula is C20H21O2-. The van der Waals surface area contributed by atoms with Crippen LogP contribution in [0.25, 0.3) is 0 Å². The van der Waals surface area contributed by atoms with Gasteiger partial charge in [-0.05, 0) is 31.2 Å². The minimum absolute atomic E-state index is 0.686. The van der Waals surface area contributed by atoms with Gasteiger partial charge in [0.05, 0.1) is 0 Å². The van der Waals surface area contributed by atoms with E-state index in [9.17, 15) is 10.2 Å². The molecule has 1 unspecified atom stereocenters. The first-order valence-electron chi connectivity index (χ1n) is 7.89. The maximum absolute atomic E-state index is 11.2. The molecule has 1 aliphatic carbocycles. The summed E-state index contributed by atoms with van der Waals surface area (Å²) in [5.41, 5.74) is -0.871. The van der Waals surface area contributed by atoms with E-state index in [2.05, 4.69) is 11.8 Å². The molecule has 0 spiro atoms. The first-order chi connectivity index (χ1) is 10.6. The monoisotopic (exact) mass is 293 g/mol. The van der Waals surface area contributed by atoms with Crippen molar-refractivity contribution in [3.63, 3.8) is 0 Å². The maximum atomic E-state index is 11.2. The van der Waals surface area contributed by atoms with Crippen LogP contribution in [0.5, 0.6) is 0 Å². The second-order valence-electron chi connectivity index (χ2n) is 6.09. The van der Waals surface area contributed by atoms with Gasteiger partial charge in [-0.1, -0.05) is 48.6 Å². The van der Waals surface area contributed by atoms with Crippen molar-refractivity contribution < 1.29 is 10.2 Å². The van der Waals surface area contributed by atoms with Crippen LogP contribution in [0, 0.1) is 11.8 Å². The Morgan fingerprint density at radius 1 is 1.00 bits per heavy atom. The van der Waals surface area contributed by atoms with Crippen LogP contribution in [-0.4, -0.2) is 15.8 Å². The highest BCUT2D eigenvalue weighted by molar-refractivity contribution is 5.45. The van der Waals surface area contributed by atoms with Crippen molar-refractivity contribution in [1.82, 2.24) is 0 Å². The SMILES string of the molecule is OC1(C#CC(O)(c2ccccc2)c2cc[cH-]c2)CCCCC1. The zero-order chi connectivity index (χ0) is 15.5. The van der Waals surface area contributed by atoms with E-state index in [4.69, 9.17) is 0 Å². The van der Waals surface area contributed by atoms with E-state index < -0.39 is 11.2 Å². The Hall–Kier alpha value is -1.95. The second kappa shape index (κ2) is 6.04. The van der Waals surface area contributed by atoms with Gasteiger partial charge in [-0.3, -0.25) is 0 Å². The fraction of sp³-hybridized carbons (Fsp3) is 0.350. The van der Waals surface area contributed by atoms with Gasteiger partial charge in [0.1, 0.15) is 11.2 Å². The van der Waals surface area contributed by atoms with E-state index in [0.717, 1.165) is 30.4 Å². The molecule has 2 aromatic carbocycles. The fourth-order valence-corrected chi connectivity index (χ4v) is 3.07. The van der Waals surface area contributed by atoms with Gasteiger partial charge in [0.2, 0.25) is 0 Å². The van der Waals surface area contributed by atoms with Crippen molar-refractivity contribution in [1.29, 1.82) is 0 Å². The van der Waals surface area contributed by atoms with Crippen LogP contribution < -0.4 is 0 Å². The third kappa shape index (κ3) is 2.97. The van der Waals surface area contributed by atoms with Gasteiger partial charge < -0.3 is 10.2 Å². The molecule has 114 valence electrons. The highest BCUT2D eigenvalue weighted by Gasteiger charge is 2.29. The van der Waals surface area contributed by atoms with E-state index in [1.165, 1.54) is 0 Å². The van der Waals surface area contributed by atoms with Gasteiger partial charge in [0, 0.05) is 0 Å². The molecule has 1 atom stereocenters. The van der Waals surface area contributed by atoms with Crippen LogP contribution >= 0.6 is 0 Å². The van der Waals surface area contributed by atoms with Crippen LogP contribution in [0.4, 0.5) is 0 Å². The molecule has 0 saturated heterocycles.